The standard InChI is InChI=1S/C34H36FN3O5S/c1-2-3-22-36-34(40)32(23-26-10-6-4-7-11-26)38(24-27-12-8-5-9-13-27)33(39)25-43-30-18-20-31(21-19-30)44(41,42)37-29-16-14-28(35)15-17-29/h4-21,32,37H,2-3,22-25H2,1H3,(H,36,40)/t32-/m1/s1. The fourth-order valence-electron chi connectivity index (χ4n) is 4.52. The van der Waals surface area contributed by atoms with Crippen LogP contribution in [0.15, 0.2) is 114 Å². The SMILES string of the molecule is CCCCNC(=O)[C@@H](Cc1ccccc1)N(Cc1ccccc1)C(=O)COc1ccc(S(=O)(=O)Nc2ccc(F)cc2)cc1. The molecule has 4 rings (SSSR count). The van der Waals surface area contributed by atoms with E-state index in [-0.39, 0.29) is 35.4 Å². The van der Waals surface area contributed by atoms with Crippen LogP contribution in [-0.4, -0.2) is 44.3 Å². The number of rotatable bonds is 15. The number of halogens is 1. The predicted molar refractivity (Wildman–Crippen MR) is 168 cm³/mol. The molecule has 0 spiro atoms. The average molecular weight is 618 g/mol. The zero-order chi connectivity index (χ0) is 31.4. The number of benzene rings is 4. The highest BCUT2D eigenvalue weighted by molar-refractivity contribution is 7.92. The minimum Gasteiger partial charge on any atom is -0.484 e. The summed E-state index contributed by atoms with van der Waals surface area (Å²) in [5.74, 6) is -0.828. The maximum absolute atomic E-state index is 13.7. The number of nitrogens with zero attached hydrogens (tertiary/aromatic N) is 1. The first-order valence-electron chi connectivity index (χ1n) is 14.4. The Hall–Kier alpha value is -4.70. The van der Waals surface area contributed by atoms with Crippen LogP contribution in [-0.2, 0) is 32.6 Å². The molecule has 4 aromatic rings. The quantitative estimate of drug-likeness (QED) is 0.170. The number of anilines is 1. The molecule has 0 fully saturated rings. The molecule has 230 valence electrons. The summed E-state index contributed by atoms with van der Waals surface area (Å²) in [6.07, 6.45) is 2.07. The van der Waals surface area contributed by atoms with Crippen LogP contribution >= 0.6 is 0 Å². The molecular weight excluding hydrogens is 581 g/mol. The maximum Gasteiger partial charge on any atom is 0.261 e. The number of amides is 2. The molecule has 0 saturated heterocycles. The van der Waals surface area contributed by atoms with Gasteiger partial charge in [-0.05, 0) is 66.1 Å². The number of hydrogen-bond acceptors (Lipinski definition) is 5. The van der Waals surface area contributed by atoms with Crippen LogP contribution in [0.1, 0.15) is 30.9 Å². The predicted octanol–water partition coefficient (Wildman–Crippen LogP) is 5.56. The minimum absolute atomic E-state index is 0.0297. The summed E-state index contributed by atoms with van der Waals surface area (Å²) in [6, 6.07) is 28.8. The highest BCUT2D eigenvalue weighted by Crippen LogP contribution is 2.21. The van der Waals surface area contributed by atoms with E-state index in [1.807, 2.05) is 67.6 Å². The highest BCUT2D eigenvalue weighted by Gasteiger charge is 2.30. The van der Waals surface area contributed by atoms with Gasteiger partial charge in [0.25, 0.3) is 15.9 Å². The number of sulfonamides is 1. The van der Waals surface area contributed by atoms with Gasteiger partial charge in [0.05, 0.1) is 4.90 Å². The summed E-state index contributed by atoms with van der Waals surface area (Å²) >= 11 is 0. The van der Waals surface area contributed by atoms with Gasteiger partial charge in [0.2, 0.25) is 5.91 Å². The van der Waals surface area contributed by atoms with Crippen LogP contribution in [0.5, 0.6) is 5.75 Å². The van der Waals surface area contributed by atoms with E-state index in [0.29, 0.717) is 13.0 Å². The Morgan fingerprint density at radius 1 is 0.841 bits per heavy atom. The lowest BCUT2D eigenvalue weighted by Crippen LogP contribution is -2.51. The second-order valence-electron chi connectivity index (χ2n) is 10.2. The second kappa shape index (κ2) is 15.7. The van der Waals surface area contributed by atoms with Gasteiger partial charge in [-0.2, -0.15) is 0 Å². The van der Waals surface area contributed by atoms with Crippen LogP contribution < -0.4 is 14.8 Å². The smallest absolute Gasteiger partial charge is 0.261 e. The zero-order valence-corrected chi connectivity index (χ0v) is 25.3. The summed E-state index contributed by atoms with van der Waals surface area (Å²) in [7, 11) is -3.93. The summed E-state index contributed by atoms with van der Waals surface area (Å²) < 4.78 is 46.9. The molecule has 0 aliphatic heterocycles. The van der Waals surface area contributed by atoms with Crippen molar-refractivity contribution in [1.29, 1.82) is 0 Å². The number of ether oxygens (including phenoxy) is 1. The molecule has 2 amide bonds. The Balaban J connectivity index is 1.50. The Kier molecular flexibility index (Phi) is 11.5. The van der Waals surface area contributed by atoms with Gasteiger partial charge < -0.3 is 15.0 Å². The molecule has 10 heteroatoms. The lowest BCUT2D eigenvalue weighted by atomic mass is 10.0. The molecule has 8 nitrogen and oxygen atoms in total. The lowest BCUT2D eigenvalue weighted by Gasteiger charge is -2.31. The Morgan fingerprint density at radius 2 is 1.45 bits per heavy atom. The van der Waals surface area contributed by atoms with E-state index < -0.39 is 27.8 Å². The second-order valence-corrected chi connectivity index (χ2v) is 11.9. The molecule has 0 saturated carbocycles. The number of nitrogens with one attached hydrogen (secondary N) is 2. The molecule has 44 heavy (non-hydrogen) atoms. The Bertz CT molecular complexity index is 1600. The summed E-state index contributed by atoms with van der Waals surface area (Å²) in [5, 5.41) is 2.98. The zero-order valence-electron chi connectivity index (χ0n) is 24.5. The highest BCUT2D eigenvalue weighted by atomic mass is 32.2. The molecule has 0 aromatic heterocycles. The van der Waals surface area contributed by atoms with E-state index in [9.17, 15) is 22.4 Å². The van der Waals surface area contributed by atoms with Crippen molar-refractivity contribution < 1.29 is 27.1 Å². The first-order valence-corrected chi connectivity index (χ1v) is 15.9. The molecule has 4 aromatic carbocycles. The number of hydrogen-bond donors (Lipinski definition) is 2. The van der Waals surface area contributed by atoms with Crippen LogP contribution in [0.25, 0.3) is 0 Å². The molecular formula is C34H36FN3O5S. The van der Waals surface area contributed by atoms with E-state index in [1.54, 1.807) is 0 Å². The van der Waals surface area contributed by atoms with Gasteiger partial charge in [-0.15, -0.1) is 0 Å². The van der Waals surface area contributed by atoms with Crippen molar-refractivity contribution in [2.45, 2.75) is 43.7 Å². The van der Waals surface area contributed by atoms with Gasteiger partial charge in [0.1, 0.15) is 17.6 Å². The summed E-state index contributed by atoms with van der Waals surface area (Å²) in [6.45, 7) is 2.39. The van der Waals surface area contributed by atoms with Crippen molar-refractivity contribution in [3.05, 3.63) is 126 Å². The fourth-order valence-corrected chi connectivity index (χ4v) is 5.57. The average Bonchev–Trinajstić information content (AvgIpc) is 3.04. The summed E-state index contributed by atoms with van der Waals surface area (Å²) in [4.78, 5) is 28.7. The third-order valence-electron chi connectivity index (χ3n) is 6.89. The third kappa shape index (κ3) is 9.40. The van der Waals surface area contributed by atoms with Gasteiger partial charge in [-0.1, -0.05) is 74.0 Å². The normalized spacial score (nSPS) is 11.8. The summed E-state index contributed by atoms with van der Waals surface area (Å²) in [5.41, 5.74) is 2.00. The first kappa shape index (κ1) is 32.2. The monoisotopic (exact) mass is 617 g/mol. The van der Waals surface area contributed by atoms with Crippen LogP contribution in [0.2, 0.25) is 0 Å². The molecule has 0 aliphatic carbocycles. The topological polar surface area (TPSA) is 105 Å². The van der Waals surface area contributed by atoms with Crippen molar-refractivity contribution in [3.8, 4) is 5.75 Å². The molecule has 0 unspecified atom stereocenters. The van der Waals surface area contributed by atoms with E-state index in [1.165, 1.54) is 41.3 Å². The van der Waals surface area contributed by atoms with E-state index in [0.717, 1.165) is 36.1 Å². The van der Waals surface area contributed by atoms with Gasteiger partial charge in [0.15, 0.2) is 6.61 Å². The van der Waals surface area contributed by atoms with Crippen LogP contribution in [0.3, 0.4) is 0 Å². The van der Waals surface area contributed by atoms with Crippen molar-refractivity contribution in [2.24, 2.45) is 0 Å². The van der Waals surface area contributed by atoms with Crippen LogP contribution in [0.4, 0.5) is 10.1 Å². The Labute approximate surface area is 257 Å². The van der Waals surface area contributed by atoms with Crippen molar-refractivity contribution >= 4 is 27.5 Å². The van der Waals surface area contributed by atoms with Crippen LogP contribution in [0, 0.1) is 5.82 Å². The van der Waals surface area contributed by atoms with E-state index in [4.69, 9.17) is 4.74 Å². The van der Waals surface area contributed by atoms with Crippen molar-refractivity contribution in [3.63, 3.8) is 0 Å². The number of unbranched alkanes of at least 4 members (excludes halogenated alkanes) is 1. The van der Waals surface area contributed by atoms with E-state index >= 15 is 0 Å². The molecule has 0 bridgehead atoms. The fraction of sp³-hybridized carbons (Fsp3) is 0.235. The van der Waals surface area contributed by atoms with E-state index in [2.05, 4.69) is 10.0 Å². The third-order valence-corrected chi connectivity index (χ3v) is 8.29. The number of carbonyl (C=O) groups excluding carboxylic acids is 2. The van der Waals surface area contributed by atoms with Gasteiger partial charge in [0, 0.05) is 25.2 Å². The minimum atomic E-state index is -3.93. The molecule has 0 heterocycles. The lowest BCUT2D eigenvalue weighted by molar-refractivity contribution is -0.142. The van der Waals surface area contributed by atoms with Crippen molar-refractivity contribution in [2.75, 3.05) is 17.9 Å². The Morgan fingerprint density at radius 3 is 2.07 bits per heavy atom. The number of carbonyl (C=O) groups is 2. The molecule has 0 radical (unpaired) electrons. The van der Waals surface area contributed by atoms with Crippen molar-refractivity contribution in [1.82, 2.24) is 10.2 Å². The van der Waals surface area contributed by atoms with Gasteiger partial charge >= 0.3 is 0 Å². The maximum atomic E-state index is 13.7. The van der Waals surface area contributed by atoms with Gasteiger partial charge in [-0.3, -0.25) is 14.3 Å². The molecule has 0 aliphatic rings. The largest absolute Gasteiger partial charge is 0.484 e. The molecule has 2 N–H and O–H groups in total. The van der Waals surface area contributed by atoms with Gasteiger partial charge in [-0.25, -0.2) is 12.8 Å². The first-order chi connectivity index (χ1) is 21.2. The molecule has 1 atom stereocenters.